The van der Waals surface area contributed by atoms with Crippen molar-refractivity contribution < 1.29 is 13.2 Å². The van der Waals surface area contributed by atoms with E-state index in [4.69, 9.17) is 21.3 Å². The molecule has 1 aromatic carbocycles. The molecule has 4 rings (SSSR count). The van der Waals surface area contributed by atoms with Crippen molar-refractivity contribution in [1.82, 2.24) is 14.7 Å². The molecule has 0 amide bonds. The van der Waals surface area contributed by atoms with Crippen LogP contribution in [0.5, 0.6) is 0 Å². The van der Waals surface area contributed by atoms with Gasteiger partial charge in [-0.15, -0.1) is 0 Å². The molecule has 0 bridgehead atoms. The Morgan fingerprint density at radius 3 is 2.76 bits per heavy atom. The van der Waals surface area contributed by atoms with Gasteiger partial charge in [-0.05, 0) is 49.9 Å². The predicted molar refractivity (Wildman–Crippen MR) is 112 cm³/mol. The first-order chi connectivity index (χ1) is 13.9. The summed E-state index contributed by atoms with van der Waals surface area (Å²) in [5.41, 5.74) is 1.89. The number of aryl methyl sites for hydroxylation is 1. The zero-order chi connectivity index (χ0) is 20.4. The van der Waals surface area contributed by atoms with E-state index in [1.54, 1.807) is 18.3 Å². The lowest BCUT2D eigenvalue weighted by atomic mass is 9.96. The van der Waals surface area contributed by atoms with Crippen LogP contribution in [0.2, 0.25) is 5.02 Å². The molecule has 1 atom stereocenters. The van der Waals surface area contributed by atoms with Gasteiger partial charge in [0.2, 0.25) is 16.0 Å². The second-order valence-corrected chi connectivity index (χ2v) is 9.75. The fourth-order valence-corrected chi connectivity index (χ4v) is 5.33. The summed E-state index contributed by atoms with van der Waals surface area (Å²) in [6.45, 7) is 4.62. The molecule has 9 heteroatoms. The lowest BCUT2D eigenvalue weighted by molar-refractivity contribution is 0.0845. The maximum absolute atomic E-state index is 12.7. The van der Waals surface area contributed by atoms with Gasteiger partial charge in [-0.3, -0.25) is 0 Å². The molecule has 2 saturated heterocycles. The number of benzene rings is 1. The van der Waals surface area contributed by atoms with Crippen LogP contribution in [-0.2, 0) is 14.8 Å². The summed E-state index contributed by atoms with van der Waals surface area (Å²) in [4.78, 5) is 11.4. The number of ether oxygens (including phenoxy) is 1. The first kappa shape index (κ1) is 20.5. The maximum Gasteiger partial charge on any atom is 0.240 e. The molecule has 1 aromatic heterocycles. The minimum absolute atomic E-state index is 0.185. The third kappa shape index (κ3) is 4.71. The van der Waals surface area contributed by atoms with E-state index in [9.17, 15) is 8.42 Å². The summed E-state index contributed by atoms with van der Waals surface area (Å²) in [6, 6.07) is 6.56. The number of aromatic nitrogens is 2. The average Bonchev–Trinajstić information content (AvgIpc) is 3.18. The highest BCUT2D eigenvalue weighted by atomic mass is 35.5. The molecule has 1 unspecified atom stereocenters. The van der Waals surface area contributed by atoms with Crippen LogP contribution in [0.25, 0.3) is 0 Å². The number of hydrogen-bond acceptors (Lipinski definition) is 6. The Morgan fingerprint density at radius 1 is 1.21 bits per heavy atom. The smallest absolute Gasteiger partial charge is 0.240 e. The Kier molecular flexibility index (Phi) is 6.06. The Hall–Kier alpha value is -1.74. The summed E-state index contributed by atoms with van der Waals surface area (Å²) >= 11 is 6.09. The van der Waals surface area contributed by atoms with Gasteiger partial charge in [0, 0.05) is 55.2 Å². The van der Waals surface area contributed by atoms with Gasteiger partial charge in [0.25, 0.3) is 0 Å². The number of nitrogens with zero attached hydrogens (tertiary/aromatic N) is 3. The van der Waals surface area contributed by atoms with Gasteiger partial charge in [-0.2, -0.15) is 0 Å². The SMILES string of the molecule is Cc1ccc(S(=O)(=O)NC2CCN(c3nccc(C4CCOCC4)n3)C2)cc1Cl. The Labute approximate surface area is 176 Å². The highest BCUT2D eigenvalue weighted by Crippen LogP contribution is 2.27. The van der Waals surface area contributed by atoms with Gasteiger partial charge in [0.15, 0.2) is 0 Å². The molecule has 156 valence electrons. The van der Waals surface area contributed by atoms with E-state index in [0.29, 0.717) is 36.4 Å². The number of sulfonamides is 1. The van der Waals surface area contributed by atoms with Crippen molar-refractivity contribution in [1.29, 1.82) is 0 Å². The Balaban J connectivity index is 1.43. The molecule has 3 heterocycles. The third-order valence-corrected chi connectivity index (χ3v) is 7.48. The van der Waals surface area contributed by atoms with Gasteiger partial charge >= 0.3 is 0 Å². The average molecular weight is 437 g/mol. The molecule has 7 nitrogen and oxygen atoms in total. The predicted octanol–water partition coefficient (Wildman–Crippen LogP) is 2.89. The minimum Gasteiger partial charge on any atom is -0.381 e. The lowest BCUT2D eigenvalue weighted by Gasteiger charge is -2.23. The molecule has 2 aliphatic rings. The van der Waals surface area contributed by atoms with Crippen molar-refractivity contribution >= 4 is 27.6 Å². The summed E-state index contributed by atoms with van der Waals surface area (Å²) < 4.78 is 33.7. The van der Waals surface area contributed by atoms with E-state index >= 15 is 0 Å². The van der Waals surface area contributed by atoms with E-state index in [1.807, 2.05) is 17.9 Å². The molecule has 0 aliphatic carbocycles. The standard InChI is InChI=1S/C20H25ClN4O3S/c1-14-2-3-17(12-18(14)21)29(26,27)24-16-5-9-25(13-16)20-22-8-4-19(23-20)15-6-10-28-11-7-15/h2-4,8,12,15-16,24H,5-7,9-11,13H2,1H3. The van der Waals surface area contributed by atoms with Crippen LogP contribution in [-0.4, -0.2) is 50.7 Å². The number of hydrogen-bond donors (Lipinski definition) is 1. The highest BCUT2D eigenvalue weighted by molar-refractivity contribution is 7.89. The minimum atomic E-state index is -3.63. The molecular weight excluding hydrogens is 412 g/mol. The van der Waals surface area contributed by atoms with Gasteiger partial charge in [0.1, 0.15) is 0 Å². The van der Waals surface area contributed by atoms with E-state index < -0.39 is 10.0 Å². The molecule has 29 heavy (non-hydrogen) atoms. The first-order valence-corrected chi connectivity index (χ1v) is 11.7. The summed E-state index contributed by atoms with van der Waals surface area (Å²) in [7, 11) is -3.63. The van der Waals surface area contributed by atoms with Gasteiger partial charge in [-0.25, -0.2) is 23.1 Å². The van der Waals surface area contributed by atoms with Crippen LogP contribution in [0.4, 0.5) is 5.95 Å². The highest BCUT2D eigenvalue weighted by Gasteiger charge is 2.29. The summed E-state index contributed by atoms with van der Waals surface area (Å²) in [5.74, 6) is 1.06. The van der Waals surface area contributed by atoms with E-state index in [2.05, 4.69) is 9.71 Å². The van der Waals surface area contributed by atoms with E-state index in [1.165, 1.54) is 6.07 Å². The Morgan fingerprint density at radius 2 is 2.00 bits per heavy atom. The fourth-order valence-electron chi connectivity index (χ4n) is 3.80. The van der Waals surface area contributed by atoms with Crippen LogP contribution < -0.4 is 9.62 Å². The number of halogens is 1. The second-order valence-electron chi connectivity index (χ2n) is 7.63. The largest absolute Gasteiger partial charge is 0.381 e. The fraction of sp³-hybridized carbons (Fsp3) is 0.500. The Bertz CT molecular complexity index is 979. The van der Waals surface area contributed by atoms with Gasteiger partial charge in [0.05, 0.1) is 4.90 Å². The molecule has 0 spiro atoms. The zero-order valence-electron chi connectivity index (χ0n) is 16.3. The maximum atomic E-state index is 12.7. The first-order valence-electron chi connectivity index (χ1n) is 9.86. The van der Waals surface area contributed by atoms with Crippen molar-refractivity contribution in [2.75, 3.05) is 31.2 Å². The molecule has 0 radical (unpaired) electrons. The van der Waals surface area contributed by atoms with Crippen LogP contribution >= 0.6 is 11.6 Å². The molecule has 2 fully saturated rings. The second kappa shape index (κ2) is 8.55. The number of nitrogens with one attached hydrogen (secondary N) is 1. The monoisotopic (exact) mass is 436 g/mol. The zero-order valence-corrected chi connectivity index (χ0v) is 17.9. The third-order valence-electron chi connectivity index (χ3n) is 5.55. The quantitative estimate of drug-likeness (QED) is 0.775. The van der Waals surface area contributed by atoms with Crippen molar-refractivity contribution in [3.05, 3.63) is 46.7 Å². The van der Waals surface area contributed by atoms with Crippen LogP contribution in [0.1, 0.15) is 36.4 Å². The topological polar surface area (TPSA) is 84.4 Å². The molecule has 0 saturated carbocycles. The lowest BCUT2D eigenvalue weighted by Crippen LogP contribution is -2.37. The normalized spacial score (nSPS) is 20.9. The van der Waals surface area contributed by atoms with Crippen molar-refractivity contribution in [2.45, 2.75) is 43.0 Å². The van der Waals surface area contributed by atoms with Crippen molar-refractivity contribution in [2.24, 2.45) is 0 Å². The van der Waals surface area contributed by atoms with Crippen LogP contribution in [0.15, 0.2) is 35.4 Å². The molecule has 2 aromatic rings. The number of rotatable bonds is 5. The van der Waals surface area contributed by atoms with Crippen LogP contribution in [0, 0.1) is 6.92 Å². The molecule has 2 aliphatic heterocycles. The van der Waals surface area contributed by atoms with Crippen LogP contribution in [0.3, 0.4) is 0 Å². The van der Waals surface area contributed by atoms with Crippen molar-refractivity contribution in [3.63, 3.8) is 0 Å². The molecule has 1 N–H and O–H groups in total. The number of anilines is 1. The van der Waals surface area contributed by atoms with Gasteiger partial charge < -0.3 is 9.64 Å². The summed E-state index contributed by atoms with van der Waals surface area (Å²) in [6.07, 6.45) is 4.43. The van der Waals surface area contributed by atoms with Gasteiger partial charge in [-0.1, -0.05) is 17.7 Å². The molecular formula is C20H25ClN4O3S. The summed E-state index contributed by atoms with van der Waals surface area (Å²) in [5, 5.41) is 0.444. The van der Waals surface area contributed by atoms with E-state index in [-0.39, 0.29) is 10.9 Å². The van der Waals surface area contributed by atoms with E-state index in [0.717, 1.165) is 37.3 Å². The van der Waals surface area contributed by atoms with Crippen molar-refractivity contribution in [3.8, 4) is 0 Å².